The van der Waals surface area contributed by atoms with Crippen LogP contribution in [-0.2, 0) is 4.79 Å². The summed E-state index contributed by atoms with van der Waals surface area (Å²) < 4.78 is 5.74. The maximum atomic E-state index is 13.1. The molecule has 0 spiro atoms. The quantitative estimate of drug-likeness (QED) is 0.499. The summed E-state index contributed by atoms with van der Waals surface area (Å²) in [5.74, 6) is 0.181. The van der Waals surface area contributed by atoms with Gasteiger partial charge in [-0.05, 0) is 49.2 Å². The van der Waals surface area contributed by atoms with Crippen molar-refractivity contribution in [2.75, 3.05) is 34.9 Å². The standard InChI is InChI=1S/C25H24Cl2N6O3/c1-15(34)29-17-9-11-32(12-10-17)18-7-5-16(6-8-18)30-25-28-13-19-23(31-25)36-14-33(24(19)35)22-20(26)3-2-4-21(22)27/h2-8,13,17H,9-12,14H2,1H3,(H,29,34)(H,28,30,31). The van der Waals surface area contributed by atoms with E-state index in [9.17, 15) is 9.59 Å². The molecule has 11 heteroatoms. The number of hydrogen-bond acceptors (Lipinski definition) is 7. The maximum Gasteiger partial charge on any atom is 0.268 e. The smallest absolute Gasteiger partial charge is 0.268 e. The van der Waals surface area contributed by atoms with E-state index in [4.69, 9.17) is 27.9 Å². The van der Waals surface area contributed by atoms with E-state index in [0.29, 0.717) is 21.7 Å². The molecule has 0 atom stereocenters. The van der Waals surface area contributed by atoms with Gasteiger partial charge < -0.3 is 20.3 Å². The minimum absolute atomic E-state index is 0.0188. The summed E-state index contributed by atoms with van der Waals surface area (Å²) in [4.78, 5) is 36.7. The van der Waals surface area contributed by atoms with Gasteiger partial charge in [0.25, 0.3) is 5.91 Å². The number of carbonyl (C=O) groups excluding carboxylic acids is 2. The highest BCUT2D eigenvalue weighted by Crippen LogP contribution is 2.37. The number of amides is 2. The summed E-state index contributed by atoms with van der Waals surface area (Å²) in [5.41, 5.74) is 2.53. The number of rotatable bonds is 5. The van der Waals surface area contributed by atoms with Gasteiger partial charge in [-0.3, -0.25) is 14.5 Å². The van der Waals surface area contributed by atoms with Crippen molar-refractivity contribution < 1.29 is 14.3 Å². The molecule has 1 fully saturated rings. The number of nitrogens with one attached hydrogen (secondary N) is 2. The first-order chi connectivity index (χ1) is 17.4. The Morgan fingerprint density at radius 1 is 1.08 bits per heavy atom. The first-order valence-electron chi connectivity index (χ1n) is 11.5. The van der Waals surface area contributed by atoms with Crippen LogP contribution < -0.4 is 25.2 Å². The van der Waals surface area contributed by atoms with Crippen LogP contribution in [0.5, 0.6) is 5.88 Å². The Bertz CT molecular complexity index is 1280. The Labute approximate surface area is 218 Å². The monoisotopic (exact) mass is 526 g/mol. The second-order valence-corrected chi connectivity index (χ2v) is 9.44. The van der Waals surface area contributed by atoms with Gasteiger partial charge in [0.2, 0.25) is 17.7 Å². The van der Waals surface area contributed by atoms with Gasteiger partial charge in [-0.2, -0.15) is 4.98 Å². The molecule has 0 unspecified atom stereocenters. The summed E-state index contributed by atoms with van der Waals surface area (Å²) in [6.45, 7) is 3.25. The number of aromatic nitrogens is 2. The molecule has 5 rings (SSSR count). The number of hydrogen-bond donors (Lipinski definition) is 2. The maximum absolute atomic E-state index is 13.1. The number of ether oxygens (including phenoxy) is 1. The van der Waals surface area contributed by atoms with Crippen molar-refractivity contribution in [3.63, 3.8) is 0 Å². The van der Waals surface area contributed by atoms with E-state index < -0.39 is 0 Å². The van der Waals surface area contributed by atoms with Gasteiger partial charge in [-0.25, -0.2) is 4.98 Å². The van der Waals surface area contributed by atoms with Gasteiger partial charge in [0.1, 0.15) is 5.56 Å². The largest absolute Gasteiger partial charge is 0.455 e. The van der Waals surface area contributed by atoms with Crippen molar-refractivity contribution in [2.45, 2.75) is 25.8 Å². The van der Waals surface area contributed by atoms with Crippen molar-refractivity contribution in [3.8, 4) is 5.88 Å². The van der Waals surface area contributed by atoms with Crippen LogP contribution in [0.2, 0.25) is 10.0 Å². The van der Waals surface area contributed by atoms with E-state index in [1.54, 1.807) is 25.1 Å². The van der Waals surface area contributed by atoms with E-state index in [1.807, 2.05) is 24.3 Å². The summed E-state index contributed by atoms with van der Waals surface area (Å²) in [6, 6.07) is 13.2. The van der Waals surface area contributed by atoms with Crippen LogP contribution in [0.3, 0.4) is 0 Å². The number of para-hydroxylation sites is 1. The van der Waals surface area contributed by atoms with Crippen LogP contribution in [-0.4, -0.2) is 47.6 Å². The molecule has 186 valence electrons. The molecule has 9 nitrogen and oxygen atoms in total. The number of benzene rings is 2. The molecule has 2 N–H and O–H groups in total. The van der Waals surface area contributed by atoms with E-state index >= 15 is 0 Å². The third-order valence-corrected chi connectivity index (χ3v) is 6.77. The lowest BCUT2D eigenvalue weighted by Crippen LogP contribution is -2.44. The predicted octanol–water partition coefficient (Wildman–Crippen LogP) is 4.63. The first-order valence-corrected chi connectivity index (χ1v) is 12.3. The number of carbonyl (C=O) groups is 2. The Hall–Kier alpha value is -3.56. The highest BCUT2D eigenvalue weighted by molar-refractivity contribution is 6.40. The Morgan fingerprint density at radius 3 is 2.44 bits per heavy atom. The minimum Gasteiger partial charge on any atom is -0.455 e. The zero-order valence-electron chi connectivity index (χ0n) is 19.5. The molecular formula is C25H24Cl2N6O3. The van der Waals surface area contributed by atoms with Crippen molar-refractivity contribution >= 4 is 58.0 Å². The molecule has 2 aromatic carbocycles. The van der Waals surface area contributed by atoms with Gasteiger partial charge in [-0.1, -0.05) is 29.3 Å². The molecule has 3 aromatic rings. The van der Waals surface area contributed by atoms with Gasteiger partial charge in [-0.15, -0.1) is 0 Å². The zero-order chi connectivity index (χ0) is 25.2. The topological polar surface area (TPSA) is 99.7 Å². The molecule has 1 saturated heterocycles. The van der Waals surface area contributed by atoms with E-state index in [0.717, 1.165) is 37.3 Å². The van der Waals surface area contributed by atoms with Gasteiger partial charge >= 0.3 is 0 Å². The Balaban J connectivity index is 1.24. The van der Waals surface area contributed by atoms with E-state index in [2.05, 4.69) is 25.5 Å². The average Bonchev–Trinajstić information content (AvgIpc) is 2.86. The van der Waals surface area contributed by atoms with Gasteiger partial charge in [0.05, 0.1) is 15.7 Å². The normalized spacial score (nSPS) is 15.8. The number of anilines is 4. The van der Waals surface area contributed by atoms with Crippen molar-refractivity contribution in [1.29, 1.82) is 0 Å². The molecule has 0 aliphatic carbocycles. The summed E-state index contributed by atoms with van der Waals surface area (Å²) in [7, 11) is 0. The lowest BCUT2D eigenvalue weighted by atomic mass is 10.0. The Morgan fingerprint density at radius 2 is 1.78 bits per heavy atom. The zero-order valence-corrected chi connectivity index (χ0v) is 21.0. The Kier molecular flexibility index (Phi) is 6.84. The number of nitrogens with zero attached hydrogens (tertiary/aromatic N) is 4. The number of piperidine rings is 1. The highest BCUT2D eigenvalue weighted by atomic mass is 35.5. The van der Waals surface area contributed by atoms with Crippen LogP contribution >= 0.6 is 23.2 Å². The SMILES string of the molecule is CC(=O)NC1CCN(c2ccc(Nc3ncc4c(n3)OCN(c3c(Cl)cccc3Cl)C4=O)cc2)CC1. The fourth-order valence-electron chi connectivity index (χ4n) is 4.38. The minimum atomic E-state index is -0.343. The average molecular weight is 527 g/mol. The fourth-order valence-corrected chi connectivity index (χ4v) is 4.98. The van der Waals surface area contributed by atoms with Crippen molar-refractivity contribution in [2.24, 2.45) is 0 Å². The van der Waals surface area contributed by atoms with Crippen LogP contribution in [0.15, 0.2) is 48.7 Å². The van der Waals surface area contributed by atoms with Gasteiger partial charge in [0, 0.05) is 43.6 Å². The van der Waals surface area contributed by atoms with Crippen LogP contribution in [0, 0.1) is 0 Å². The molecule has 2 aliphatic rings. The molecule has 0 saturated carbocycles. The lowest BCUT2D eigenvalue weighted by molar-refractivity contribution is -0.119. The summed E-state index contributed by atoms with van der Waals surface area (Å²) in [5, 5.41) is 6.85. The third-order valence-electron chi connectivity index (χ3n) is 6.16. The molecule has 36 heavy (non-hydrogen) atoms. The second-order valence-electron chi connectivity index (χ2n) is 8.62. The van der Waals surface area contributed by atoms with Gasteiger partial charge in [0.15, 0.2) is 6.73 Å². The lowest BCUT2D eigenvalue weighted by Gasteiger charge is -2.33. The molecular weight excluding hydrogens is 503 g/mol. The predicted molar refractivity (Wildman–Crippen MR) is 140 cm³/mol. The highest BCUT2D eigenvalue weighted by Gasteiger charge is 2.31. The van der Waals surface area contributed by atoms with Crippen LogP contribution in [0.4, 0.5) is 23.0 Å². The third kappa shape index (κ3) is 5.03. The van der Waals surface area contributed by atoms with Crippen LogP contribution in [0.1, 0.15) is 30.1 Å². The summed E-state index contributed by atoms with van der Waals surface area (Å²) >= 11 is 12.5. The molecule has 2 aliphatic heterocycles. The molecule has 2 amide bonds. The number of halogens is 2. The molecule has 0 bridgehead atoms. The van der Waals surface area contributed by atoms with Crippen molar-refractivity contribution in [1.82, 2.24) is 15.3 Å². The first kappa shape index (κ1) is 24.1. The fraction of sp³-hybridized carbons (Fsp3) is 0.280. The van der Waals surface area contributed by atoms with Crippen molar-refractivity contribution in [3.05, 3.63) is 64.3 Å². The van der Waals surface area contributed by atoms with Crippen LogP contribution in [0.25, 0.3) is 0 Å². The van der Waals surface area contributed by atoms with E-state index in [1.165, 1.54) is 11.1 Å². The van der Waals surface area contributed by atoms with E-state index in [-0.39, 0.29) is 36.0 Å². The molecule has 1 aromatic heterocycles. The number of fused-ring (bicyclic) bond motifs is 1. The second kappa shape index (κ2) is 10.2. The molecule has 3 heterocycles. The summed E-state index contributed by atoms with van der Waals surface area (Å²) in [6.07, 6.45) is 3.26. The molecule has 0 radical (unpaired) electrons.